The number of carbonyl (C=O) groups excluding carboxylic acids is 1. The second kappa shape index (κ2) is 15.9. The van der Waals surface area contributed by atoms with E-state index in [4.69, 9.17) is 9.47 Å². The highest BCUT2D eigenvalue weighted by atomic mass is 19.4. The number of rotatable bonds is 13. The van der Waals surface area contributed by atoms with Crippen LogP contribution in [0.5, 0.6) is 11.8 Å². The Morgan fingerprint density at radius 2 is 1.48 bits per heavy atom. The third-order valence-corrected chi connectivity index (χ3v) is 5.42. The third-order valence-electron chi connectivity index (χ3n) is 5.42. The Morgan fingerprint density at radius 1 is 0.900 bits per heavy atom. The molecule has 0 radical (unpaired) electrons. The van der Waals surface area contributed by atoms with Crippen molar-refractivity contribution >= 4 is 5.91 Å². The molecule has 3 rings (SSSR count). The monoisotopic (exact) mass is 567 g/mol. The van der Waals surface area contributed by atoms with Crippen molar-refractivity contribution in [1.29, 1.82) is 0 Å². The molecule has 0 aliphatic carbocycles. The van der Waals surface area contributed by atoms with E-state index in [0.29, 0.717) is 31.3 Å². The van der Waals surface area contributed by atoms with Crippen molar-refractivity contribution in [3.05, 3.63) is 59.4 Å². The molecule has 2 heterocycles. The second-order valence-electron chi connectivity index (χ2n) is 9.84. The van der Waals surface area contributed by atoms with Crippen molar-refractivity contribution in [1.82, 2.24) is 34.7 Å². The van der Waals surface area contributed by atoms with Gasteiger partial charge in [0.15, 0.2) is 0 Å². The predicted molar refractivity (Wildman–Crippen MR) is 147 cm³/mol. The molecule has 0 aliphatic heterocycles. The van der Waals surface area contributed by atoms with Crippen molar-refractivity contribution < 1.29 is 27.4 Å². The lowest BCUT2D eigenvalue weighted by molar-refractivity contribution is -0.141. The molecule has 10 nitrogen and oxygen atoms in total. The molecule has 0 fully saturated rings. The standard InChI is InChI=1S/C18H26N4O2.C9H14F3N3O/c1-20(2)11-8-12-24-17-13-16(18(23)21(3)4)22(19-17)14-15-9-6-5-7-10-15;1-15(2)4-3-5-16-8-6-7(13-14-8)9(10,11)12/h5-7,9-10,13H,8,11-12,14H2,1-4H3;6H,3-5H2,1-2H3,(H,13,14). The van der Waals surface area contributed by atoms with Crippen molar-refractivity contribution in [3.63, 3.8) is 0 Å². The first-order valence-corrected chi connectivity index (χ1v) is 12.9. The number of hydrogen-bond acceptors (Lipinski definition) is 7. The summed E-state index contributed by atoms with van der Waals surface area (Å²) in [7, 11) is 11.4. The number of aromatic nitrogens is 4. The molecule has 0 saturated heterocycles. The zero-order chi connectivity index (χ0) is 29.7. The molecular weight excluding hydrogens is 527 g/mol. The van der Waals surface area contributed by atoms with E-state index in [9.17, 15) is 18.0 Å². The summed E-state index contributed by atoms with van der Waals surface area (Å²) in [6.07, 6.45) is -2.75. The quantitative estimate of drug-likeness (QED) is 0.315. The van der Waals surface area contributed by atoms with Crippen LogP contribution in [0, 0.1) is 0 Å². The molecule has 1 aromatic carbocycles. The van der Waals surface area contributed by atoms with E-state index in [1.807, 2.05) is 68.5 Å². The van der Waals surface area contributed by atoms with E-state index in [2.05, 4.69) is 15.1 Å². The number of carbonyl (C=O) groups is 1. The molecule has 0 saturated carbocycles. The topological polar surface area (TPSA) is 91.8 Å². The van der Waals surface area contributed by atoms with E-state index in [1.165, 1.54) is 0 Å². The summed E-state index contributed by atoms with van der Waals surface area (Å²) >= 11 is 0. The van der Waals surface area contributed by atoms with Crippen LogP contribution in [0.1, 0.15) is 34.6 Å². The fourth-order valence-corrected chi connectivity index (χ4v) is 3.38. The number of aromatic amines is 1. The van der Waals surface area contributed by atoms with Crippen LogP contribution in [0.4, 0.5) is 13.2 Å². The highest BCUT2D eigenvalue weighted by Crippen LogP contribution is 2.29. The van der Waals surface area contributed by atoms with Crippen LogP contribution in [-0.4, -0.2) is 109 Å². The lowest BCUT2D eigenvalue weighted by Crippen LogP contribution is -2.25. The summed E-state index contributed by atoms with van der Waals surface area (Å²) in [5, 5.41) is 9.76. The SMILES string of the molecule is CN(C)CCCOc1cc(C(=O)N(C)C)n(Cc2ccccc2)n1.CN(C)CCCOc1cc(C(F)(F)F)[nH]n1. The van der Waals surface area contributed by atoms with Gasteiger partial charge in [0, 0.05) is 39.3 Å². The fraction of sp³-hybridized carbons (Fsp3) is 0.519. The van der Waals surface area contributed by atoms with Crippen LogP contribution in [0.2, 0.25) is 0 Å². The van der Waals surface area contributed by atoms with Gasteiger partial charge in [0.1, 0.15) is 11.4 Å². The molecule has 0 spiro atoms. The number of halogens is 3. The van der Waals surface area contributed by atoms with Crippen molar-refractivity contribution in [2.24, 2.45) is 0 Å². The molecule has 3 aromatic rings. The summed E-state index contributed by atoms with van der Waals surface area (Å²) in [6.45, 7) is 3.23. The molecule has 0 bridgehead atoms. The molecule has 0 unspecified atom stereocenters. The minimum absolute atomic E-state index is 0.0221. The van der Waals surface area contributed by atoms with Gasteiger partial charge in [-0.1, -0.05) is 30.3 Å². The largest absolute Gasteiger partial charge is 0.477 e. The van der Waals surface area contributed by atoms with Gasteiger partial charge in [-0.3, -0.25) is 14.6 Å². The lowest BCUT2D eigenvalue weighted by Gasteiger charge is -2.11. The molecule has 1 N–H and O–H groups in total. The van der Waals surface area contributed by atoms with Gasteiger partial charge in [0.2, 0.25) is 11.8 Å². The Kier molecular flexibility index (Phi) is 12.9. The highest BCUT2D eigenvalue weighted by molar-refractivity contribution is 5.92. The van der Waals surface area contributed by atoms with Gasteiger partial charge in [-0.05, 0) is 46.6 Å². The molecule has 40 heavy (non-hydrogen) atoms. The number of amides is 1. The number of nitrogens with one attached hydrogen (secondary N) is 1. The van der Waals surface area contributed by atoms with E-state index in [1.54, 1.807) is 29.7 Å². The first kappa shape index (κ1) is 32.6. The number of alkyl halides is 3. The van der Waals surface area contributed by atoms with Crippen LogP contribution in [0.15, 0.2) is 42.5 Å². The minimum atomic E-state index is -4.40. The number of benzene rings is 1. The Hall–Kier alpha value is -3.58. The maximum absolute atomic E-state index is 12.4. The maximum Gasteiger partial charge on any atom is 0.432 e. The number of hydrogen-bond donors (Lipinski definition) is 1. The van der Waals surface area contributed by atoms with Crippen LogP contribution < -0.4 is 9.47 Å². The Labute approximate surface area is 233 Å². The molecule has 2 aromatic heterocycles. The molecule has 0 atom stereocenters. The van der Waals surface area contributed by atoms with Crippen molar-refractivity contribution in [3.8, 4) is 11.8 Å². The number of nitrogens with zero attached hydrogens (tertiary/aromatic N) is 6. The molecule has 1 amide bonds. The summed E-state index contributed by atoms with van der Waals surface area (Å²) in [5.41, 5.74) is 0.731. The molecular formula is C27H40F3N7O3. The van der Waals surface area contributed by atoms with Crippen LogP contribution in [0.3, 0.4) is 0 Å². The summed E-state index contributed by atoms with van der Waals surface area (Å²) < 4.78 is 49.0. The number of ether oxygens (including phenoxy) is 2. The summed E-state index contributed by atoms with van der Waals surface area (Å²) in [4.78, 5) is 18.0. The van der Waals surface area contributed by atoms with Gasteiger partial charge < -0.3 is 24.2 Å². The second-order valence-corrected chi connectivity index (χ2v) is 9.84. The first-order valence-electron chi connectivity index (χ1n) is 12.9. The first-order chi connectivity index (χ1) is 18.9. The number of H-pyrrole nitrogens is 1. The molecule has 0 aliphatic rings. The Bertz CT molecular complexity index is 1150. The zero-order valence-electron chi connectivity index (χ0n) is 24.0. The summed E-state index contributed by atoms with van der Waals surface area (Å²) in [5.74, 6) is 0.391. The minimum Gasteiger partial charge on any atom is -0.477 e. The van der Waals surface area contributed by atoms with Gasteiger partial charge in [0.05, 0.1) is 19.8 Å². The zero-order valence-corrected chi connectivity index (χ0v) is 24.0. The van der Waals surface area contributed by atoms with Crippen molar-refractivity contribution in [2.45, 2.75) is 25.6 Å². The Morgan fingerprint density at radius 3 is 1.98 bits per heavy atom. The smallest absolute Gasteiger partial charge is 0.432 e. The van der Waals surface area contributed by atoms with Gasteiger partial charge in [0.25, 0.3) is 5.91 Å². The van der Waals surface area contributed by atoms with Crippen LogP contribution in [0.25, 0.3) is 0 Å². The van der Waals surface area contributed by atoms with Gasteiger partial charge >= 0.3 is 6.18 Å². The van der Waals surface area contributed by atoms with E-state index in [0.717, 1.165) is 37.6 Å². The normalized spacial score (nSPS) is 11.4. The van der Waals surface area contributed by atoms with Gasteiger partial charge in [-0.15, -0.1) is 10.2 Å². The van der Waals surface area contributed by atoms with E-state index < -0.39 is 11.9 Å². The maximum atomic E-state index is 12.4. The third kappa shape index (κ3) is 11.7. The van der Waals surface area contributed by atoms with Crippen LogP contribution >= 0.6 is 0 Å². The Balaban J connectivity index is 0.000000305. The molecule has 222 valence electrons. The van der Waals surface area contributed by atoms with Crippen LogP contribution in [-0.2, 0) is 12.7 Å². The van der Waals surface area contributed by atoms with Gasteiger partial charge in [-0.2, -0.15) is 13.2 Å². The average Bonchev–Trinajstić information content (AvgIpc) is 3.52. The van der Waals surface area contributed by atoms with E-state index in [-0.39, 0.29) is 11.8 Å². The lowest BCUT2D eigenvalue weighted by atomic mass is 10.2. The van der Waals surface area contributed by atoms with Gasteiger partial charge in [-0.25, -0.2) is 0 Å². The van der Waals surface area contributed by atoms with E-state index >= 15 is 0 Å². The van der Waals surface area contributed by atoms with Crippen molar-refractivity contribution in [2.75, 3.05) is 68.6 Å². The fourth-order valence-electron chi connectivity index (χ4n) is 3.38. The molecule has 13 heteroatoms. The summed E-state index contributed by atoms with van der Waals surface area (Å²) in [6, 6.07) is 12.5. The average molecular weight is 568 g/mol. The predicted octanol–water partition coefficient (Wildman–Crippen LogP) is 3.72. The highest BCUT2D eigenvalue weighted by Gasteiger charge is 2.33.